The molecule has 0 fully saturated rings. The Morgan fingerprint density at radius 1 is 1.15 bits per heavy atom. The third kappa shape index (κ3) is 2.46. The zero-order chi connectivity index (χ0) is 14.1. The largest absolute Gasteiger partial charge is 0.313 e. The summed E-state index contributed by atoms with van der Waals surface area (Å²) in [7, 11) is 2.00. The smallest absolute Gasteiger partial charge is 0.141 e. The first-order valence-electron chi connectivity index (χ1n) is 6.94. The first-order valence-corrected chi connectivity index (χ1v) is 7.32. The van der Waals surface area contributed by atoms with Crippen molar-refractivity contribution >= 4 is 11.6 Å². The molecule has 0 aliphatic heterocycles. The zero-order valence-corrected chi connectivity index (χ0v) is 12.2. The second kappa shape index (κ2) is 5.55. The number of fused-ring (bicyclic) bond motifs is 1. The van der Waals surface area contributed by atoms with Crippen LogP contribution in [0.5, 0.6) is 0 Å². The van der Waals surface area contributed by atoms with Gasteiger partial charge in [-0.3, -0.25) is 0 Å². The minimum atomic E-state index is -0.374. The molecular weight excluding hydrogens is 273 g/mol. The quantitative estimate of drug-likeness (QED) is 0.842. The van der Waals surface area contributed by atoms with Crippen LogP contribution in [0.25, 0.3) is 11.1 Å². The van der Waals surface area contributed by atoms with E-state index in [1.807, 2.05) is 7.05 Å². The number of hydrogen-bond acceptors (Lipinski definition) is 1. The lowest BCUT2D eigenvalue weighted by molar-refractivity contribution is 0.497. The minimum absolute atomic E-state index is 0.172. The predicted octanol–water partition coefficient (Wildman–Crippen LogP) is 4.74. The number of nitrogens with one attached hydrogen (secondary N) is 1. The lowest BCUT2D eigenvalue weighted by atomic mass is 9.85. The highest BCUT2D eigenvalue weighted by molar-refractivity contribution is 6.31. The summed E-state index contributed by atoms with van der Waals surface area (Å²) in [6.07, 6.45) is 3.52. The van der Waals surface area contributed by atoms with E-state index in [0.717, 1.165) is 24.0 Å². The molecule has 1 nitrogen and oxygen atoms in total. The molecule has 2 aromatic carbocycles. The van der Waals surface area contributed by atoms with E-state index in [-0.39, 0.29) is 10.8 Å². The maximum Gasteiger partial charge on any atom is 0.141 e. The topological polar surface area (TPSA) is 12.0 Å². The molecule has 0 spiro atoms. The number of aryl methyl sites for hydroxylation is 1. The van der Waals surface area contributed by atoms with E-state index in [0.29, 0.717) is 6.04 Å². The fourth-order valence-corrected chi connectivity index (χ4v) is 3.13. The summed E-state index contributed by atoms with van der Waals surface area (Å²) < 4.78 is 13.3. The van der Waals surface area contributed by atoms with E-state index in [2.05, 4.69) is 23.5 Å². The SMILES string of the molecule is CNC1CCCc2ccc(-c3ccc(F)c(Cl)c3)cc21. The van der Waals surface area contributed by atoms with E-state index in [1.165, 1.54) is 23.6 Å². The van der Waals surface area contributed by atoms with Crippen LogP contribution >= 0.6 is 11.6 Å². The fourth-order valence-electron chi connectivity index (χ4n) is 2.95. The number of benzene rings is 2. The summed E-state index contributed by atoms with van der Waals surface area (Å²) >= 11 is 5.88. The lowest BCUT2D eigenvalue weighted by Crippen LogP contribution is -2.21. The van der Waals surface area contributed by atoms with Crippen molar-refractivity contribution in [1.82, 2.24) is 5.32 Å². The van der Waals surface area contributed by atoms with Crippen molar-refractivity contribution in [2.45, 2.75) is 25.3 Å². The zero-order valence-electron chi connectivity index (χ0n) is 11.4. The van der Waals surface area contributed by atoms with E-state index < -0.39 is 0 Å². The van der Waals surface area contributed by atoms with Crippen LogP contribution in [0, 0.1) is 5.82 Å². The Bertz CT molecular complexity index is 639. The first kappa shape index (κ1) is 13.6. The Labute approximate surface area is 123 Å². The van der Waals surface area contributed by atoms with Gasteiger partial charge in [0.25, 0.3) is 0 Å². The second-order valence-corrected chi connectivity index (χ2v) is 5.68. The molecule has 3 heteroatoms. The highest BCUT2D eigenvalue weighted by atomic mass is 35.5. The van der Waals surface area contributed by atoms with Gasteiger partial charge in [-0.2, -0.15) is 0 Å². The predicted molar refractivity (Wildman–Crippen MR) is 81.6 cm³/mol. The van der Waals surface area contributed by atoms with Crippen molar-refractivity contribution in [3.8, 4) is 11.1 Å². The van der Waals surface area contributed by atoms with Gasteiger partial charge in [0.2, 0.25) is 0 Å². The van der Waals surface area contributed by atoms with Crippen LogP contribution in [-0.4, -0.2) is 7.05 Å². The molecule has 104 valence electrons. The van der Waals surface area contributed by atoms with Crippen molar-refractivity contribution in [3.05, 3.63) is 58.4 Å². The minimum Gasteiger partial charge on any atom is -0.313 e. The number of halogens is 2. The molecular formula is C17H17ClFN. The van der Waals surface area contributed by atoms with E-state index in [9.17, 15) is 4.39 Å². The third-order valence-electron chi connectivity index (χ3n) is 4.06. The summed E-state index contributed by atoms with van der Waals surface area (Å²) in [6, 6.07) is 11.8. The average molecular weight is 290 g/mol. The Balaban J connectivity index is 2.04. The van der Waals surface area contributed by atoms with Crippen LogP contribution in [0.1, 0.15) is 30.0 Å². The van der Waals surface area contributed by atoms with E-state index in [1.54, 1.807) is 12.1 Å². The van der Waals surface area contributed by atoms with Gasteiger partial charge in [-0.05, 0) is 66.8 Å². The molecule has 0 saturated carbocycles. The summed E-state index contributed by atoms with van der Waals surface area (Å²) in [5, 5.41) is 3.54. The number of rotatable bonds is 2. The van der Waals surface area contributed by atoms with Crippen molar-refractivity contribution in [3.63, 3.8) is 0 Å². The van der Waals surface area contributed by atoms with Gasteiger partial charge in [-0.25, -0.2) is 4.39 Å². The molecule has 1 unspecified atom stereocenters. The Morgan fingerprint density at radius 2 is 1.90 bits per heavy atom. The number of hydrogen-bond donors (Lipinski definition) is 1. The summed E-state index contributed by atoms with van der Waals surface area (Å²) in [5.41, 5.74) is 4.82. The summed E-state index contributed by atoms with van der Waals surface area (Å²) in [6.45, 7) is 0. The molecule has 1 aliphatic carbocycles. The molecule has 1 atom stereocenters. The normalized spacial score (nSPS) is 17.9. The highest BCUT2D eigenvalue weighted by Crippen LogP contribution is 2.33. The molecule has 2 aromatic rings. The van der Waals surface area contributed by atoms with Gasteiger partial charge in [0.05, 0.1) is 5.02 Å². The molecule has 0 bridgehead atoms. The van der Waals surface area contributed by atoms with Crippen molar-refractivity contribution in [1.29, 1.82) is 0 Å². The molecule has 20 heavy (non-hydrogen) atoms. The second-order valence-electron chi connectivity index (χ2n) is 5.28. The van der Waals surface area contributed by atoms with Crippen molar-refractivity contribution in [2.24, 2.45) is 0 Å². The van der Waals surface area contributed by atoms with Crippen LogP contribution in [0.3, 0.4) is 0 Å². The van der Waals surface area contributed by atoms with Gasteiger partial charge >= 0.3 is 0 Å². The molecule has 0 aromatic heterocycles. The molecule has 0 heterocycles. The van der Waals surface area contributed by atoms with Gasteiger partial charge in [0, 0.05) is 6.04 Å². The lowest BCUT2D eigenvalue weighted by Gasteiger charge is -2.25. The monoisotopic (exact) mass is 289 g/mol. The Hall–Kier alpha value is -1.38. The maximum atomic E-state index is 13.3. The van der Waals surface area contributed by atoms with Crippen LogP contribution < -0.4 is 5.32 Å². The van der Waals surface area contributed by atoms with Crippen LogP contribution in [0.15, 0.2) is 36.4 Å². The van der Waals surface area contributed by atoms with Crippen LogP contribution in [0.2, 0.25) is 5.02 Å². The van der Waals surface area contributed by atoms with Crippen LogP contribution in [0.4, 0.5) is 4.39 Å². The van der Waals surface area contributed by atoms with E-state index >= 15 is 0 Å². The third-order valence-corrected chi connectivity index (χ3v) is 4.35. The van der Waals surface area contributed by atoms with Gasteiger partial charge in [-0.1, -0.05) is 29.8 Å². The van der Waals surface area contributed by atoms with Gasteiger partial charge < -0.3 is 5.32 Å². The van der Waals surface area contributed by atoms with Crippen molar-refractivity contribution in [2.75, 3.05) is 7.05 Å². The standard InChI is InChI=1S/C17H17ClFN/c1-20-17-4-2-3-11-5-6-12(9-14(11)17)13-7-8-16(19)15(18)10-13/h5-10,17,20H,2-4H2,1H3. The summed E-state index contributed by atoms with van der Waals surface area (Å²) in [4.78, 5) is 0. The van der Waals surface area contributed by atoms with Gasteiger partial charge in [-0.15, -0.1) is 0 Å². The molecule has 0 radical (unpaired) electrons. The summed E-state index contributed by atoms with van der Waals surface area (Å²) in [5.74, 6) is -0.374. The Morgan fingerprint density at radius 3 is 2.65 bits per heavy atom. The fraction of sp³-hybridized carbons (Fsp3) is 0.294. The molecule has 1 N–H and O–H groups in total. The first-order chi connectivity index (χ1) is 9.69. The van der Waals surface area contributed by atoms with Gasteiger partial charge in [0.15, 0.2) is 0 Å². The molecule has 0 saturated heterocycles. The average Bonchev–Trinajstić information content (AvgIpc) is 2.49. The van der Waals surface area contributed by atoms with Crippen molar-refractivity contribution < 1.29 is 4.39 Å². The maximum absolute atomic E-state index is 13.3. The molecule has 3 rings (SSSR count). The van der Waals surface area contributed by atoms with Crippen LogP contribution in [-0.2, 0) is 6.42 Å². The molecule has 1 aliphatic rings. The highest BCUT2D eigenvalue weighted by Gasteiger charge is 2.19. The Kier molecular flexibility index (Phi) is 3.77. The van der Waals surface area contributed by atoms with Gasteiger partial charge in [0.1, 0.15) is 5.82 Å². The van der Waals surface area contributed by atoms with E-state index in [4.69, 9.17) is 11.6 Å². The molecule has 0 amide bonds.